The quantitative estimate of drug-likeness (QED) is 0.881. The molecule has 3 nitrogen and oxygen atoms in total. The van der Waals surface area contributed by atoms with Crippen molar-refractivity contribution < 1.29 is 4.74 Å². The average molecular weight is 291 g/mol. The van der Waals surface area contributed by atoms with Crippen LogP contribution in [0.5, 0.6) is 5.75 Å². The Labute approximate surface area is 124 Å². The summed E-state index contributed by atoms with van der Waals surface area (Å²) in [5.74, 6) is 0.744. The van der Waals surface area contributed by atoms with Gasteiger partial charge in [-0.1, -0.05) is 35.9 Å². The first kappa shape index (κ1) is 14.7. The normalized spacial score (nSPS) is 12.0. The number of halogens is 1. The molecule has 0 heterocycles. The molecule has 0 bridgehead atoms. The van der Waals surface area contributed by atoms with E-state index in [1.165, 1.54) is 0 Å². The first-order valence-corrected chi connectivity index (χ1v) is 6.89. The maximum absolute atomic E-state index is 6.31. The smallest absolute Gasteiger partial charge is 0.125 e. The van der Waals surface area contributed by atoms with E-state index in [2.05, 4.69) is 18.3 Å². The van der Waals surface area contributed by atoms with Gasteiger partial charge in [0.1, 0.15) is 5.75 Å². The molecule has 2 rings (SSSR count). The molecule has 1 unspecified atom stereocenters. The number of anilines is 1. The first-order valence-electron chi connectivity index (χ1n) is 6.52. The lowest BCUT2D eigenvalue weighted by Crippen LogP contribution is -2.22. The topological polar surface area (TPSA) is 47.3 Å². The maximum atomic E-state index is 6.31. The van der Waals surface area contributed by atoms with Crippen molar-refractivity contribution in [1.29, 1.82) is 0 Å². The molecular weight excluding hydrogens is 272 g/mol. The summed E-state index contributed by atoms with van der Waals surface area (Å²) in [4.78, 5) is 0. The minimum Gasteiger partial charge on any atom is -0.496 e. The second-order valence-corrected chi connectivity index (χ2v) is 5.01. The molecule has 0 spiro atoms. The number of ether oxygens (including phenoxy) is 1. The number of hydrogen-bond acceptors (Lipinski definition) is 3. The zero-order valence-electron chi connectivity index (χ0n) is 11.7. The Balaban J connectivity index is 2.36. The number of nitrogens with one attached hydrogen (secondary N) is 1. The van der Waals surface area contributed by atoms with E-state index in [1.54, 1.807) is 7.11 Å². The molecule has 20 heavy (non-hydrogen) atoms. The highest BCUT2D eigenvalue weighted by Crippen LogP contribution is 2.34. The minimum atomic E-state index is -0.0975. The molecule has 3 N–H and O–H groups in total. The van der Waals surface area contributed by atoms with Gasteiger partial charge in [0.15, 0.2) is 0 Å². The Bertz CT molecular complexity index is 586. The Kier molecular flexibility index (Phi) is 4.88. The molecule has 4 heteroatoms. The molecule has 2 aromatic carbocycles. The summed E-state index contributed by atoms with van der Waals surface area (Å²) in [6, 6.07) is 13.6. The number of aryl methyl sites for hydroxylation is 1. The fourth-order valence-corrected chi connectivity index (χ4v) is 2.50. The van der Waals surface area contributed by atoms with Crippen LogP contribution in [-0.2, 0) is 0 Å². The Morgan fingerprint density at radius 3 is 2.60 bits per heavy atom. The van der Waals surface area contributed by atoms with Crippen molar-refractivity contribution in [2.45, 2.75) is 13.0 Å². The van der Waals surface area contributed by atoms with Gasteiger partial charge in [0.05, 0.1) is 13.2 Å². The van der Waals surface area contributed by atoms with E-state index in [4.69, 9.17) is 22.1 Å². The second kappa shape index (κ2) is 6.64. The fourth-order valence-electron chi connectivity index (χ4n) is 2.20. The highest BCUT2D eigenvalue weighted by molar-refractivity contribution is 6.31. The van der Waals surface area contributed by atoms with Gasteiger partial charge in [-0.15, -0.1) is 0 Å². The first-order chi connectivity index (χ1) is 9.67. The van der Waals surface area contributed by atoms with Gasteiger partial charge < -0.3 is 15.8 Å². The molecule has 2 aromatic rings. The molecular formula is C16H19ClN2O. The molecule has 0 fully saturated rings. The Morgan fingerprint density at radius 1 is 1.20 bits per heavy atom. The van der Waals surface area contributed by atoms with Crippen LogP contribution in [0.1, 0.15) is 17.2 Å². The maximum Gasteiger partial charge on any atom is 0.125 e. The lowest BCUT2D eigenvalue weighted by atomic mass is 10.0. The lowest BCUT2D eigenvalue weighted by molar-refractivity contribution is 0.407. The summed E-state index contributed by atoms with van der Waals surface area (Å²) in [5.41, 5.74) is 9.02. The van der Waals surface area contributed by atoms with Crippen molar-refractivity contribution in [2.75, 3.05) is 19.0 Å². The summed E-state index contributed by atoms with van der Waals surface area (Å²) in [5, 5.41) is 4.09. The van der Waals surface area contributed by atoms with Crippen LogP contribution in [0.25, 0.3) is 0 Å². The number of benzene rings is 2. The highest BCUT2D eigenvalue weighted by atomic mass is 35.5. The number of methoxy groups -OCH3 is 1. The van der Waals surface area contributed by atoms with E-state index in [-0.39, 0.29) is 6.04 Å². The van der Waals surface area contributed by atoms with E-state index in [0.29, 0.717) is 11.6 Å². The summed E-state index contributed by atoms with van der Waals surface area (Å²) in [7, 11) is 1.64. The number of para-hydroxylation sites is 1. The van der Waals surface area contributed by atoms with Crippen molar-refractivity contribution in [1.82, 2.24) is 0 Å². The molecule has 0 aliphatic heterocycles. The molecule has 0 aromatic heterocycles. The van der Waals surface area contributed by atoms with Gasteiger partial charge >= 0.3 is 0 Å². The molecule has 0 saturated heterocycles. The predicted molar refractivity (Wildman–Crippen MR) is 84.6 cm³/mol. The van der Waals surface area contributed by atoms with Gasteiger partial charge in [0.25, 0.3) is 0 Å². The lowest BCUT2D eigenvalue weighted by Gasteiger charge is -2.23. The van der Waals surface area contributed by atoms with Gasteiger partial charge in [0.2, 0.25) is 0 Å². The summed E-state index contributed by atoms with van der Waals surface area (Å²) in [6.07, 6.45) is 0. The highest BCUT2D eigenvalue weighted by Gasteiger charge is 2.18. The summed E-state index contributed by atoms with van der Waals surface area (Å²) < 4.78 is 5.40. The SMILES string of the molecule is COc1cccc(Cl)c1C(CN)Nc1ccccc1C. The molecule has 0 aliphatic rings. The van der Waals surface area contributed by atoms with Crippen molar-refractivity contribution >= 4 is 17.3 Å². The van der Waals surface area contributed by atoms with Crippen LogP contribution >= 0.6 is 11.6 Å². The van der Waals surface area contributed by atoms with E-state index >= 15 is 0 Å². The largest absolute Gasteiger partial charge is 0.496 e. The van der Waals surface area contributed by atoms with Crippen LogP contribution in [0.2, 0.25) is 5.02 Å². The van der Waals surface area contributed by atoms with Crippen LogP contribution in [-0.4, -0.2) is 13.7 Å². The second-order valence-electron chi connectivity index (χ2n) is 4.60. The number of nitrogens with two attached hydrogens (primary N) is 1. The average Bonchev–Trinajstić information content (AvgIpc) is 2.47. The third-order valence-electron chi connectivity index (χ3n) is 3.29. The van der Waals surface area contributed by atoms with Crippen molar-refractivity contribution in [2.24, 2.45) is 5.73 Å². The fraction of sp³-hybridized carbons (Fsp3) is 0.250. The number of rotatable bonds is 5. The molecule has 106 valence electrons. The zero-order valence-corrected chi connectivity index (χ0v) is 12.4. The predicted octanol–water partition coefficient (Wildman–Crippen LogP) is 3.77. The van der Waals surface area contributed by atoms with Crippen LogP contribution < -0.4 is 15.8 Å². The minimum absolute atomic E-state index is 0.0975. The summed E-state index contributed by atoms with van der Waals surface area (Å²) >= 11 is 6.31. The Morgan fingerprint density at radius 2 is 1.95 bits per heavy atom. The van der Waals surface area contributed by atoms with Gasteiger partial charge in [-0.25, -0.2) is 0 Å². The Hall–Kier alpha value is -1.71. The van der Waals surface area contributed by atoms with Gasteiger partial charge in [-0.05, 0) is 30.7 Å². The molecule has 0 radical (unpaired) electrons. The third-order valence-corrected chi connectivity index (χ3v) is 3.62. The van der Waals surface area contributed by atoms with E-state index in [1.807, 2.05) is 36.4 Å². The van der Waals surface area contributed by atoms with Crippen LogP contribution in [0.3, 0.4) is 0 Å². The van der Waals surface area contributed by atoms with Crippen molar-refractivity contribution in [3.8, 4) is 5.75 Å². The monoisotopic (exact) mass is 290 g/mol. The van der Waals surface area contributed by atoms with Crippen molar-refractivity contribution in [3.05, 3.63) is 58.6 Å². The number of hydrogen-bond donors (Lipinski definition) is 2. The van der Waals surface area contributed by atoms with Gasteiger partial charge in [-0.3, -0.25) is 0 Å². The molecule has 0 saturated carbocycles. The standard InChI is InChI=1S/C16H19ClN2O/c1-11-6-3-4-8-13(11)19-14(10-18)16-12(17)7-5-9-15(16)20-2/h3-9,14,19H,10,18H2,1-2H3. The van der Waals surface area contributed by atoms with E-state index in [9.17, 15) is 0 Å². The zero-order chi connectivity index (χ0) is 14.5. The third kappa shape index (κ3) is 3.06. The van der Waals surface area contributed by atoms with Crippen LogP contribution in [0, 0.1) is 6.92 Å². The van der Waals surface area contributed by atoms with E-state index < -0.39 is 0 Å². The van der Waals surface area contributed by atoms with E-state index in [0.717, 1.165) is 22.6 Å². The van der Waals surface area contributed by atoms with Gasteiger partial charge in [-0.2, -0.15) is 0 Å². The molecule has 1 atom stereocenters. The van der Waals surface area contributed by atoms with Crippen molar-refractivity contribution in [3.63, 3.8) is 0 Å². The molecule has 0 amide bonds. The van der Waals surface area contributed by atoms with Crippen LogP contribution in [0.4, 0.5) is 5.69 Å². The molecule has 0 aliphatic carbocycles. The summed E-state index contributed by atoms with van der Waals surface area (Å²) in [6.45, 7) is 2.48. The van der Waals surface area contributed by atoms with Gasteiger partial charge in [0, 0.05) is 22.8 Å². The van der Waals surface area contributed by atoms with Crippen LogP contribution in [0.15, 0.2) is 42.5 Å².